The predicted molar refractivity (Wildman–Crippen MR) is 106 cm³/mol. The fourth-order valence-corrected chi connectivity index (χ4v) is 2.63. The highest BCUT2D eigenvalue weighted by Gasteiger charge is 2.22. The molecule has 0 bridgehead atoms. The van der Waals surface area contributed by atoms with Gasteiger partial charge in [-0.3, -0.25) is 4.99 Å². The summed E-state index contributed by atoms with van der Waals surface area (Å²) in [5, 5.41) is 3.19. The summed E-state index contributed by atoms with van der Waals surface area (Å²) < 4.78 is 0. The molecule has 0 amide bonds. The number of nitrogens with two attached hydrogens (primary N) is 1. The van der Waals surface area contributed by atoms with E-state index in [2.05, 4.69) is 59.4 Å². The normalized spacial score (nSPS) is 18.4. The van der Waals surface area contributed by atoms with E-state index in [1.807, 2.05) is 0 Å². The topological polar surface area (TPSA) is 53.6 Å². The van der Waals surface area contributed by atoms with Crippen molar-refractivity contribution in [3.63, 3.8) is 0 Å². The van der Waals surface area contributed by atoms with Crippen LogP contribution in [0.1, 0.15) is 26.7 Å². The van der Waals surface area contributed by atoms with E-state index in [1.54, 1.807) is 0 Å². The Morgan fingerprint density at radius 2 is 2.09 bits per heavy atom. The van der Waals surface area contributed by atoms with Gasteiger partial charge in [0.25, 0.3) is 0 Å². The molecule has 22 heavy (non-hydrogen) atoms. The number of hydrogen-bond acceptors (Lipinski definition) is 2. The second kappa shape index (κ2) is 9.92. The van der Waals surface area contributed by atoms with Crippen molar-refractivity contribution in [1.82, 2.24) is 5.32 Å². The highest BCUT2D eigenvalue weighted by molar-refractivity contribution is 14.0. The van der Waals surface area contributed by atoms with Crippen molar-refractivity contribution in [1.29, 1.82) is 0 Å². The van der Waals surface area contributed by atoms with Crippen molar-refractivity contribution >= 4 is 35.6 Å². The molecule has 1 unspecified atom stereocenters. The van der Waals surface area contributed by atoms with E-state index in [9.17, 15) is 0 Å². The molecule has 1 aliphatic heterocycles. The van der Waals surface area contributed by atoms with E-state index in [0.29, 0.717) is 17.8 Å². The summed E-state index contributed by atoms with van der Waals surface area (Å²) in [4.78, 5) is 6.92. The fourth-order valence-electron chi connectivity index (χ4n) is 2.63. The van der Waals surface area contributed by atoms with Gasteiger partial charge in [0.1, 0.15) is 0 Å². The molecule has 1 aliphatic rings. The molecule has 0 saturated carbocycles. The third-order valence-corrected chi connectivity index (χ3v) is 3.95. The van der Waals surface area contributed by atoms with E-state index in [4.69, 9.17) is 5.73 Å². The van der Waals surface area contributed by atoms with Gasteiger partial charge in [-0.2, -0.15) is 0 Å². The molecule has 1 fully saturated rings. The molecule has 2 rings (SSSR count). The van der Waals surface area contributed by atoms with Crippen LogP contribution >= 0.6 is 24.0 Å². The van der Waals surface area contributed by atoms with Crippen LogP contribution in [-0.2, 0) is 0 Å². The Hall–Kier alpha value is -0.980. The van der Waals surface area contributed by atoms with Crippen molar-refractivity contribution < 1.29 is 0 Å². The first kappa shape index (κ1) is 19.1. The lowest BCUT2D eigenvalue weighted by molar-refractivity contribution is 0.572. The molecule has 1 atom stereocenters. The van der Waals surface area contributed by atoms with Gasteiger partial charge < -0.3 is 16.0 Å². The average Bonchev–Trinajstić information content (AvgIpc) is 2.94. The molecule has 3 N–H and O–H groups in total. The molecule has 124 valence electrons. The highest BCUT2D eigenvalue weighted by Crippen LogP contribution is 2.23. The van der Waals surface area contributed by atoms with Crippen molar-refractivity contribution in [2.24, 2.45) is 22.6 Å². The number of nitrogens with zero attached hydrogens (tertiary/aromatic N) is 2. The highest BCUT2D eigenvalue weighted by atomic mass is 127. The minimum atomic E-state index is 0. The molecular formula is C17H29IN4. The van der Waals surface area contributed by atoms with Gasteiger partial charge in [-0.05, 0) is 36.8 Å². The third-order valence-electron chi connectivity index (χ3n) is 3.95. The lowest BCUT2D eigenvalue weighted by Gasteiger charge is -2.18. The minimum absolute atomic E-state index is 0. The Labute approximate surface area is 151 Å². The van der Waals surface area contributed by atoms with E-state index >= 15 is 0 Å². The zero-order valence-electron chi connectivity index (χ0n) is 13.7. The molecular weight excluding hydrogens is 387 g/mol. The maximum atomic E-state index is 5.91. The Balaban J connectivity index is 0.00000242. The van der Waals surface area contributed by atoms with Crippen molar-refractivity contribution in [2.75, 3.05) is 31.1 Å². The van der Waals surface area contributed by atoms with Crippen LogP contribution in [0.15, 0.2) is 35.3 Å². The smallest absolute Gasteiger partial charge is 0.188 e. The molecule has 0 aromatic heterocycles. The van der Waals surface area contributed by atoms with Gasteiger partial charge in [0.05, 0.1) is 0 Å². The van der Waals surface area contributed by atoms with Crippen molar-refractivity contribution in [3.8, 4) is 0 Å². The Morgan fingerprint density at radius 3 is 2.77 bits per heavy atom. The second-order valence-electron chi connectivity index (χ2n) is 6.27. The van der Waals surface area contributed by atoms with Gasteiger partial charge in [0, 0.05) is 31.9 Å². The molecule has 0 spiro atoms. The van der Waals surface area contributed by atoms with Gasteiger partial charge >= 0.3 is 0 Å². The number of hydrogen-bond donors (Lipinski definition) is 2. The summed E-state index contributed by atoms with van der Waals surface area (Å²) in [6.45, 7) is 8.35. The summed E-state index contributed by atoms with van der Waals surface area (Å²) in [6.07, 6.45) is 2.32. The van der Waals surface area contributed by atoms with E-state index in [1.165, 1.54) is 12.1 Å². The lowest BCUT2D eigenvalue weighted by atomic mass is 10.1. The van der Waals surface area contributed by atoms with Gasteiger partial charge in [0.2, 0.25) is 0 Å². The summed E-state index contributed by atoms with van der Waals surface area (Å²) in [7, 11) is 0. The minimum Gasteiger partial charge on any atom is -0.371 e. The fraction of sp³-hybridized carbons (Fsp3) is 0.588. The maximum Gasteiger partial charge on any atom is 0.188 e. The predicted octanol–water partition coefficient (Wildman–Crippen LogP) is 3.08. The van der Waals surface area contributed by atoms with Crippen LogP contribution in [-0.4, -0.2) is 32.1 Å². The molecule has 1 heterocycles. The van der Waals surface area contributed by atoms with Crippen LogP contribution in [0, 0.1) is 11.8 Å². The molecule has 1 aromatic carbocycles. The largest absolute Gasteiger partial charge is 0.371 e. The number of para-hydroxylation sites is 1. The number of guanidine groups is 1. The van der Waals surface area contributed by atoms with Crippen LogP contribution < -0.4 is 16.0 Å². The van der Waals surface area contributed by atoms with Crippen molar-refractivity contribution in [3.05, 3.63) is 30.3 Å². The Bertz CT molecular complexity index is 447. The Kier molecular flexibility index (Phi) is 8.60. The molecule has 4 nitrogen and oxygen atoms in total. The van der Waals surface area contributed by atoms with Gasteiger partial charge in [-0.15, -0.1) is 24.0 Å². The molecule has 0 aliphatic carbocycles. The van der Waals surface area contributed by atoms with E-state index in [-0.39, 0.29) is 24.0 Å². The lowest BCUT2D eigenvalue weighted by Crippen LogP contribution is -2.33. The molecule has 5 heteroatoms. The van der Waals surface area contributed by atoms with Gasteiger partial charge in [-0.1, -0.05) is 32.0 Å². The monoisotopic (exact) mass is 416 g/mol. The average molecular weight is 416 g/mol. The van der Waals surface area contributed by atoms with Crippen molar-refractivity contribution in [2.45, 2.75) is 26.7 Å². The standard InChI is InChI=1S/C17H28N4.HI/c1-14(2)8-10-19-17(18)20-12-15-9-11-21(13-15)16-6-4-3-5-7-16;/h3-7,14-15H,8-13H2,1-2H3,(H3,18,19,20);1H. The molecule has 0 radical (unpaired) electrons. The van der Waals surface area contributed by atoms with Crippen LogP contribution in [0.25, 0.3) is 0 Å². The quantitative estimate of drug-likeness (QED) is 0.426. The summed E-state index contributed by atoms with van der Waals surface area (Å²) in [6, 6.07) is 10.6. The first-order chi connectivity index (χ1) is 10.1. The first-order valence-corrected chi connectivity index (χ1v) is 7.99. The summed E-state index contributed by atoms with van der Waals surface area (Å²) in [5.41, 5.74) is 7.22. The van der Waals surface area contributed by atoms with Crippen LogP contribution in [0.4, 0.5) is 5.69 Å². The molecule has 1 saturated heterocycles. The first-order valence-electron chi connectivity index (χ1n) is 7.99. The van der Waals surface area contributed by atoms with Crippen LogP contribution in [0.5, 0.6) is 0 Å². The zero-order valence-corrected chi connectivity index (χ0v) is 16.0. The number of aliphatic imine (C=N–C) groups is 1. The summed E-state index contributed by atoms with van der Waals surface area (Å²) >= 11 is 0. The van der Waals surface area contributed by atoms with E-state index < -0.39 is 0 Å². The van der Waals surface area contributed by atoms with Crippen LogP contribution in [0.2, 0.25) is 0 Å². The van der Waals surface area contributed by atoms with Gasteiger partial charge in [-0.25, -0.2) is 0 Å². The third kappa shape index (κ3) is 6.42. The zero-order chi connectivity index (χ0) is 15.1. The van der Waals surface area contributed by atoms with Gasteiger partial charge in [0.15, 0.2) is 5.96 Å². The van der Waals surface area contributed by atoms with Crippen LogP contribution in [0.3, 0.4) is 0 Å². The number of benzene rings is 1. The number of nitrogens with one attached hydrogen (secondary N) is 1. The maximum absolute atomic E-state index is 5.91. The summed E-state index contributed by atoms with van der Waals surface area (Å²) in [5.74, 6) is 1.89. The number of anilines is 1. The SMILES string of the molecule is CC(C)CCNC(N)=NCC1CCN(c2ccccc2)C1.I. The molecule has 1 aromatic rings. The van der Waals surface area contributed by atoms with E-state index in [0.717, 1.165) is 32.6 Å². The number of halogens is 1. The second-order valence-corrected chi connectivity index (χ2v) is 6.27. The Morgan fingerprint density at radius 1 is 1.36 bits per heavy atom. The number of rotatable bonds is 6.